The highest BCUT2D eigenvalue weighted by atomic mass is 35.5. The first-order valence-electron chi connectivity index (χ1n) is 6.94. The Morgan fingerprint density at radius 3 is 2.90 bits per heavy atom. The second-order valence-electron chi connectivity index (χ2n) is 5.35. The predicted molar refractivity (Wildman–Crippen MR) is 79.3 cm³/mol. The van der Waals surface area contributed by atoms with E-state index in [1.54, 1.807) is 19.4 Å². The first-order chi connectivity index (χ1) is 10.2. The standard InChI is InChI=1S/C15H17ClN4O/c1-10-14(21-2)12(7-17)15-19(5-6-20(10)15)9-11-3-4-13(16)18-8-11/h3-4,8,10,14H,5-6,9H2,1-2H3. The highest BCUT2D eigenvalue weighted by molar-refractivity contribution is 6.29. The second kappa shape index (κ2) is 5.55. The van der Waals surface area contributed by atoms with E-state index in [-0.39, 0.29) is 12.1 Å². The monoisotopic (exact) mass is 304 g/mol. The molecule has 1 aromatic heterocycles. The van der Waals surface area contributed by atoms with Crippen molar-refractivity contribution >= 4 is 11.6 Å². The zero-order valence-corrected chi connectivity index (χ0v) is 12.8. The molecule has 1 aromatic rings. The van der Waals surface area contributed by atoms with Gasteiger partial charge in [-0.3, -0.25) is 0 Å². The van der Waals surface area contributed by atoms with E-state index >= 15 is 0 Å². The van der Waals surface area contributed by atoms with Gasteiger partial charge < -0.3 is 14.5 Å². The molecule has 1 saturated heterocycles. The average Bonchev–Trinajstić information content (AvgIpc) is 3.01. The molecule has 3 rings (SSSR count). The van der Waals surface area contributed by atoms with E-state index in [2.05, 4.69) is 27.8 Å². The predicted octanol–water partition coefficient (Wildman–Crippen LogP) is 2.00. The zero-order chi connectivity index (χ0) is 15.0. The van der Waals surface area contributed by atoms with Crippen LogP contribution in [-0.2, 0) is 11.3 Å². The fraction of sp³-hybridized carbons (Fsp3) is 0.467. The third-order valence-corrected chi connectivity index (χ3v) is 4.40. The molecule has 2 aliphatic rings. The van der Waals surface area contributed by atoms with Gasteiger partial charge in [-0.2, -0.15) is 5.26 Å². The molecule has 0 radical (unpaired) electrons. The maximum absolute atomic E-state index is 9.48. The largest absolute Gasteiger partial charge is 0.374 e. The van der Waals surface area contributed by atoms with Crippen LogP contribution in [0.4, 0.5) is 0 Å². The Morgan fingerprint density at radius 2 is 2.29 bits per heavy atom. The van der Waals surface area contributed by atoms with Crippen LogP contribution in [0.1, 0.15) is 12.5 Å². The molecule has 0 aliphatic carbocycles. The van der Waals surface area contributed by atoms with Crippen molar-refractivity contribution in [2.24, 2.45) is 0 Å². The zero-order valence-electron chi connectivity index (χ0n) is 12.1. The molecule has 110 valence electrons. The summed E-state index contributed by atoms with van der Waals surface area (Å²) in [5, 5.41) is 9.97. The van der Waals surface area contributed by atoms with E-state index in [1.165, 1.54) is 0 Å². The van der Waals surface area contributed by atoms with E-state index in [9.17, 15) is 5.26 Å². The molecule has 0 N–H and O–H groups in total. The number of rotatable bonds is 3. The summed E-state index contributed by atoms with van der Waals surface area (Å²) in [6, 6.07) is 6.29. The molecule has 0 spiro atoms. The molecule has 2 atom stereocenters. The number of pyridine rings is 1. The van der Waals surface area contributed by atoms with Gasteiger partial charge in [0.1, 0.15) is 28.7 Å². The summed E-state index contributed by atoms with van der Waals surface area (Å²) in [5.74, 6) is 1.01. The molecule has 0 amide bonds. The summed E-state index contributed by atoms with van der Waals surface area (Å²) in [5.41, 5.74) is 1.81. The summed E-state index contributed by atoms with van der Waals surface area (Å²) < 4.78 is 5.50. The Labute approximate surface area is 129 Å². The van der Waals surface area contributed by atoms with Crippen LogP contribution in [0.3, 0.4) is 0 Å². The smallest absolute Gasteiger partial charge is 0.129 e. The lowest BCUT2D eigenvalue weighted by Gasteiger charge is -2.24. The van der Waals surface area contributed by atoms with Crippen LogP contribution in [0.2, 0.25) is 5.15 Å². The van der Waals surface area contributed by atoms with E-state index in [1.807, 2.05) is 6.07 Å². The van der Waals surface area contributed by atoms with E-state index in [0.717, 1.165) is 36.6 Å². The molecule has 0 saturated carbocycles. The van der Waals surface area contributed by atoms with Gasteiger partial charge in [0.05, 0.1) is 6.04 Å². The molecule has 2 unspecified atom stereocenters. The summed E-state index contributed by atoms with van der Waals surface area (Å²) in [6.45, 7) is 4.66. The molecular formula is C15H17ClN4O. The third kappa shape index (κ3) is 2.35. The van der Waals surface area contributed by atoms with Crippen molar-refractivity contribution < 1.29 is 4.74 Å². The minimum atomic E-state index is -0.142. The highest BCUT2D eigenvalue weighted by Crippen LogP contribution is 2.36. The van der Waals surface area contributed by atoms with Gasteiger partial charge in [0.15, 0.2) is 0 Å². The SMILES string of the molecule is COC1C(C#N)=C2N(Cc3ccc(Cl)nc3)CCN2C1C. The van der Waals surface area contributed by atoms with Crippen molar-refractivity contribution in [3.05, 3.63) is 40.4 Å². The van der Waals surface area contributed by atoms with Gasteiger partial charge in [-0.05, 0) is 18.6 Å². The maximum Gasteiger partial charge on any atom is 0.129 e. The van der Waals surface area contributed by atoms with Crippen LogP contribution >= 0.6 is 11.6 Å². The summed E-state index contributed by atoms with van der Waals surface area (Å²) in [6.07, 6.45) is 1.64. The lowest BCUT2D eigenvalue weighted by Crippen LogP contribution is -2.34. The molecule has 1 fully saturated rings. The molecular weight excluding hydrogens is 288 g/mol. The Balaban J connectivity index is 1.88. The van der Waals surface area contributed by atoms with Crippen molar-refractivity contribution in [3.63, 3.8) is 0 Å². The number of halogens is 1. The Hall–Kier alpha value is -1.77. The summed E-state index contributed by atoms with van der Waals surface area (Å²) >= 11 is 5.82. The van der Waals surface area contributed by atoms with Crippen molar-refractivity contribution in [2.75, 3.05) is 20.2 Å². The van der Waals surface area contributed by atoms with Crippen LogP contribution < -0.4 is 0 Å². The molecule has 2 aliphatic heterocycles. The average molecular weight is 305 g/mol. The number of hydrogen-bond acceptors (Lipinski definition) is 5. The quantitative estimate of drug-likeness (QED) is 0.800. The first-order valence-corrected chi connectivity index (χ1v) is 7.32. The molecule has 21 heavy (non-hydrogen) atoms. The minimum absolute atomic E-state index is 0.142. The fourth-order valence-electron chi connectivity index (χ4n) is 3.18. The summed E-state index contributed by atoms with van der Waals surface area (Å²) in [4.78, 5) is 8.59. The van der Waals surface area contributed by atoms with Crippen LogP contribution in [0.25, 0.3) is 0 Å². The molecule has 6 heteroatoms. The Bertz CT molecular complexity index is 607. The van der Waals surface area contributed by atoms with Gasteiger partial charge in [0, 0.05) is 32.9 Å². The van der Waals surface area contributed by atoms with Crippen LogP contribution in [0.15, 0.2) is 29.7 Å². The van der Waals surface area contributed by atoms with E-state index in [4.69, 9.17) is 16.3 Å². The molecule has 5 nitrogen and oxygen atoms in total. The lowest BCUT2D eigenvalue weighted by atomic mass is 10.1. The molecule has 3 heterocycles. The molecule has 0 bridgehead atoms. The van der Waals surface area contributed by atoms with Crippen molar-refractivity contribution in [1.82, 2.24) is 14.8 Å². The van der Waals surface area contributed by atoms with E-state index < -0.39 is 0 Å². The van der Waals surface area contributed by atoms with Gasteiger partial charge in [0.25, 0.3) is 0 Å². The van der Waals surface area contributed by atoms with Crippen molar-refractivity contribution in [1.29, 1.82) is 5.26 Å². The Kier molecular flexibility index (Phi) is 3.75. The van der Waals surface area contributed by atoms with Crippen LogP contribution in [0.5, 0.6) is 0 Å². The number of nitriles is 1. The number of ether oxygens (including phenoxy) is 1. The highest BCUT2D eigenvalue weighted by Gasteiger charge is 2.43. The van der Waals surface area contributed by atoms with Gasteiger partial charge in [-0.25, -0.2) is 4.98 Å². The van der Waals surface area contributed by atoms with Crippen molar-refractivity contribution in [2.45, 2.75) is 25.6 Å². The number of nitrogens with zero attached hydrogens (tertiary/aromatic N) is 4. The maximum atomic E-state index is 9.48. The van der Waals surface area contributed by atoms with Gasteiger partial charge in [0.2, 0.25) is 0 Å². The minimum Gasteiger partial charge on any atom is -0.374 e. The topological polar surface area (TPSA) is 52.4 Å². The Morgan fingerprint density at radius 1 is 1.48 bits per heavy atom. The molecule has 0 aromatic carbocycles. The van der Waals surface area contributed by atoms with Crippen LogP contribution in [-0.4, -0.2) is 47.1 Å². The number of methoxy groups -OCH3 is 1. The number of aromatic nitrogens is 1. The lowest BCUT2D eigenvalue weighted by molar-refractivity contribution is 0.0875. The van der Waals surface area contributed by atoms with Crippen LogP contribution in [0, 0.1) is 11.3 Å². The number of fused-ring (bicyclic) bond motifs is 1. The summed E-state index contributed by atoms with van der Waals surface area (Å²) in [7, 11) is 1.66. The fourth-order valence-corrected chi connectivity index (χ4v) is 3.29. The first kappa shape index (κ1) is 14.2. The van der Waals surface area contributed by atoms with Gasteiger partial charge in [-0.15, -0.1) is 0 Å². The van der Waals surface area contributed by atoms with Crippen molar-refractivity contribution in [3.8, 4) is 6.07 Å². The number of hydrogen-bond donors (Lipinski definition) is 0. The van der Waals surface area contributed by atoms with Gasteiger partial charge in [-0.1, -0.05) is 17.7 Å². The van der Waals surface area contributed by atoms with Gasteiger partial charge >= 0.3 is 0 Å². The third-order valence-electron chi connectivity index (χ3n) is 4.17. The second-order valence-corrected chi connectivity index (χ2v) is 5.74. The normalized spacial score (nSPS) is 24.5. The van der Waals surface area contributed by atoms with E-state index in [0.29, 0.717) is 5.15 Å².